The van der Waals surface area contributed by atoms with Gasteiger partial charge in [-0.3, -0.25) is 0 Å². The van der Waals surface area contributed by atoms with Crippen LogP contribution in [0.25, 0.3) is 0 Å². The first-order chi connectivity index (χ1) is 12.5. The van der Waals surface area contributed by atoms with Crippen molar-refractivity contribution >= 4 is 21.6 Å². The maximum absolute atomic E-state index is 13.2. The third-order valence-corrected chi connectivity index (χ3v) is 7.22. The van der Waals surface area contributed by atoms with Gasteiger partial charge < -0.3 is 9.47 Å². The molecule has 1 saturated heterocycles. The Labute approximate surface area is 158 Å². The van der Waals surface area contributed by atoms with Crippen LogP contribution >= 0.6 is 11.6 Å². The normalized spacial score (nSPS) is 20.3. The summed E-state index contributed by atoms with van der Waals surface area (Å²) in [5, 5.41) is 0.262. The van der Waals surface area contributed by atoms with Gasteiger partial charge in [-0.1, -0.05) is 23.7 Å². The first kappa shape index (κ1) is 17.6. The maximum atomic E-state index is 13.2. The topological polar surface area (TPSA) is 55.8 Å². The number of hydrogen-bond acceptors (Lipinski definition) is 4. The van der Waals surface area contributed by atoms with Crippen molar-refractivity contribution in [2.75, 3.05) is 19.8 Å². The summed E-state index contributed by atoms with van der Waals surface area (Å²) in [5.74, 6) is 1.38. The van der Waals surface area contributed by atoms with E-state index < -0.39 is 10.0 Å². The van der Waals surface area contributed by atoms with Gasteiger partial charge >= 0.3 is 0 Å². The number of rotatable bonds is 3. The van der Waals surface area contributed by atoms with Gasteiger partial charge in [0.1, 0.15) is 18.1 Å². The van der Waals surface area contributed by atoms with Gasteiger partial charge in [0, 0.05) is 6.54 Å². The Morgan fingerprint density at radius 3 is 2.62 bits per heavy atom. The second-order valence-electron chi connectivity index (χ2n) is 6.61. The number of nitrogens with zero attached hydrogens (tertiary/aromatic N) is 1. The van der Waals surface area contributed by atoms with Gasteiger partial charge in [-0.05, 0) is 55.2 Å². The Kier molecular flexibility index (Phi) is 4.59. The molecule has 4 rings (SSSR count). The van der Waals surface area contributed by atoms with Crippen LogP contribution in [0.2, 0.25) is 5.02 Å². The molecule has 0 amide bonds. The molecule has 5 nitrogen and oxygen atoms in total. The maximum Gasteiger partial charge on any atom is 0.245 e. The molecule has 0 N–H and O–H groups in total. The molecule has 0 radical (unpaired) electrons. The highest BCUT2D eigenvalue weighted by atomic mass is 35.5. The van der Waals surface area contributed by atoms with Crippen LogP contribution < -0.4 is 9.47 Å². The minimum atomic E-state index is -3.68. The minimum Gasteiger partial charge on any atom is -0.486 e. The highest BCUT2D eigenvalue weighted by Crippen LogP contribution is 2.41. The van der Waals surface area contributed by atoms with Crippen LogP contribution in [-0.2, 0) is 10.0 Å². The SMILES string of the molecule is Cc1ccc(S(=O)(=O)N2CCCC2c2ccc3c(c2)OCCO3)c(Cl)c1. The van der Waals surface area contributed by atoms with E-state index in [1.54, 1.807) is 22.5 Å². The van der Waals surface area contributed by atoms with Crippen molar-refractivity contribution in [3.05, 3.63) is 52.5 Å². The van der Waals surface area contributed by atoms with Gasteiger partial charge in [-0.15, -0.1) is 0 Å². The summed E-state index contributed by atoms with van der Waals surface area (Å²) in [6, 6.07) is 10.5. The smallest absolute Gasteiger partial charge is 0.245 e. The predicted octanol–water partition coefficient (Wildman–Crippen LogP) is 3.95. The summed E-state index contributed by atoms with van der Waals surface area (Å²) in [4.78, 5) is 0.161. The van der Waals surface area contributed by atoms with E-state index >= 15 is 0 Å². The third-order valence-electron chi connectivity index (χ3n) is 4.83. The van der Waals surface area contributed by atoms with Crippen LogP contribution in [0, 0.1) is 6.92 Å². The lowest BCUT2D eigenvalue weighted by Crippen LogP contribution is -2.31. The monoisotopic (exact) mass is 393 g/mol. The molecule has 0 bridgehead atoms. The number of benzene rings is 2. The fourth-order valence-electron chi connectivity index (χ4n) is 3.57. The lowest BCUT2D eigenvalue weighted by atomic mass is 10.0. The summed E-state index contributed by atoms with van der Waals surface area (Å²) < 4.78 is 39.2. The standard InChI is InChI=1S/C19H20ClNO4S/c1-13-4-7-19(15(20)11-13)26(22,23)21-8-2-3-16(21)14-5-6-17-18(12-14)25-10-9-24-17/h4-7,11-12,16H,2-3,8-10H2,1H3. The molecule has 7 heteroatoms. The zero-order valence-corrected chi connectivity index (χ0v) is 16.0. The Hall–Kier alpha value is -1.76. The fourth-order valence-corrected chi connectivity index (χ4v) is 5.83. The van der Waals surface area contributed by atoms with Crippen LogP contribution in [0.15, 0.2) is 41.3 Å². The second-order valence-corrected chi connectivity index (χ2v) is 8.88. The molecule has 138 valence electrons. The van der Waals surface area contributed by atoms with Crippen molar-refractivity contribution in [1.82, 2.24) is 4.31 Å². The number of halogens is 1. The Morgan fingerprint density at radius 1 is 1.08 bits per heavy atom. The zero-order chi connectivity index (χ0) is 18.3. The Balaban J connectivity index is 1.70. The number of sulfonamides is 1. The lowest BCUT2D eigenvalue weighted by molar-refractivity contribution is 0.171. The highest BCUT2D eigenvalue weighted by Gasteiger charge is 2.37. The fraction of sp³-hybridized carbons (Fsp3) is 0.368. The molecule has 0 saturated carbocycles. The quantitative estimate of drug-likeness (QED) is 0.792. The molecule has 2 heterocycles. The minimum absolute atomic E-state index is 0.161. The molecule has 0 aromatic heterocycles. The zero-order valence-electron chi connectivity index (χ0n) is 14.4. The van der Waals surface area contributed by atoms with E-state index in [-0.39, 0.29) is 16.0 Å². The van der Waals surface area contributed by atoms with Crippen LogP contribution in [0.1, 0.15) is 30.0 Å². The summed E-state index contributed by atoms with van der Waals surface area (Å²) in [7, 11) is -3.68. The molecular formula is C19H20ClNO4S. The number of aryl methyl sites for hydroxylation is 1. The van der Waals surface area contributed by atoms with Gasteiger partial charge in [0.25, 0.3) is 0 Å². The molecule has 1 atom stereocenters. The third kappa shape index (κ3) is 3.06. The lowest BCUT2D eigenvalue weighted by Gasteiger charge is -2.26. The van der Waals surface area contributed by atoms with Crippen LogP contribution in [0.4, 0.5) is 0 Å². The molecule has 0 aliphatic carbocycles. The van der Waals surface area contributed by atoms with Gasteiger partial charge in [-0.25, -0.2) is 8.42 Å². The van der Waals surface area contributed by atoms with Crippen molar-refractivity contribution in [1.29, 1.82) is 0 Å². The van der Waals surface area contributed by atoms with Gasteiger partial charge in [-0.2, -0.15) is 4.31 Å². The van der Waals surface area contributed by atoms with E-state index in [2.05, 4.69) is 0 Å². The number of ether oxygens (including phenoxy) is 2. The summed E-state index contributed by atoms with van der Waals surface area (Å²) in [6.07, 6.45) is 1.57. The molecular weight excluding hydrogens is 374 g/mol. The van der Waals surface area contributed by atoms with Crippen LogP contribution in [0.3, 0.4) is 0 Å². The molecule has 2 aromatic carbocycles. The molecule has 1 unspecified atom stereocenters. The van der Waals surface area contributed by atoms with Crippen molar-refractivity contribution in [3.63, 3.8) is 0 Å². The highest BCUT2D eigenvalue weighted by molar-refractivity contribution is 7.89. The Morgan fingerprint density at radius 2 is 1.85 bits per heavy atom. The van der Waals surface area contributed by atoms with Gasteiger partial charge in [0.2, 0.25) is 10.0 Å². The molecule has 26 heavy (non-hydrogen) atoms. The summed E-state index contributed by atoms with van der Waals surface area (Å²) in [5.41, 5.74) is 1.84. The van der Waals surface area contributed by atoms with Crippen molar-refractivity contribution < 1.29 is 17.9 Å². The van der Waals surface area contributed by atoms with Gasteiger partial charge in [0.05, 0.1) is 11.1 Å². The van der Waals surface area contributed by atoms with Crippen molar-refractivity contribution in [2.24, 2.45) is 0 Å². The van der Waals surface area contributed by atoms with E-state index in [0.717, 1.165) is 24.0 Å². The Bertz CT molecular complexity index is 945. The largest absolute Gasteiger partial charge is 0.486 e. The van der Waals surface area contributed by atoms with Crippen molar-refractivity contribution in [2.45, 2.75) is 30.7 Å². The van der Waals surface area contributed by atoms with Gasteiger partial charge in [0.15, 0.2) is 11.5 Å². The summed E-state index contributed by atoms with van der Waals surface area (Å²) in [6.45, 7) is 3.39. The molecule has 0 spiro atoms. The first-order valence-electron chi connectivity index (χ1n) is 8.64. The first-order valence-corrected chi connectivity index (χ1v) is 10.5. The molecule has 1 fully saturated rings. The average Bonchev–Trinajstić information content (AvgIpc) is 3.11. The molecule has 2 aliphatic rings. The van der Waals surface area contributed by atoms with E-state index in [1.807, 2.05) is 25.1 Å². The van der Waals surface area contributed by atoms with Crippen LogP contribution in [-0.4, -0.2) is 32.5 Å². The van der Waals surface area contributed by atoms with E-state index in [1.165, 1.54) is 0 Å². The number of fused-ring (bicyclic) bond motifs is 1. The molecule has 2 aliphatic heterocycles. The van der Waals surface area contributed by atoms with E-state index in [0.29, 0.717) is 31.3 Å². The number of hydrogen-bond donors (Lipinski definition) is 0. The second kappa shape index (κ2) is 6.76. The van der Waals surface area contributed by atoms with Crippen molar-refractivity contribution in [3.8, 4) is 11.5 Å². The average molecular weight is 394 g/mol. The summed E-state index contributed by atoms with van der Waals surface area (Å²) >= 11 is 6.24. The predicted molar refractivity (Wildman–Crippen MR) is 99.5 cm³/mol. The molecule has 2 aromatic rings. The van der Waals surface area contributed by atoms with Crippen LogP contribution in [0.5, 0.6) is 11.5 Å². The van der Waals surface area contributed by atoms with E-state index in [9.17, 15) is 8.42 Å². The van der Waals surface area contributed by atoms with E-state index in [4.69, 9.17) is 21.1 Å².